The monoisotopic (exact) mass is 1090 g/mol. The van der Waals surface area contributed by atoms with Crippen LogP contribution in [0.2, 0.25) is 0 Å². The fourth-order valence-corrected chi connectivity index (χ4v) is 9.88. The van der Waals surface area contributed by atoms with Crippen LogP contribution in [0.25, 0.3) is 0 Å². The van der Waals surface area contributed by atoms with Crippen molar-refractivity contribution in [2.24, 2.45) is 0 Å². The third-order valence-corrected chi connectivity index (χ3v) is 14.5. The maximum atomic E-state index is 15.9. The predicted octanol–water partition coefficient (Wildman–Crippen LogP) is 17.5. The lowest BCUT2D eigenvalue weighted by molar-refractivity contribution is -0.477. The van der Waals surface area contributed by atoms with Gasteiger partial charge in [0.25, 0.3) is 0 Å². The highest BCUT2D eigenvalue weighted by molar-refractivity contribution is 8.30. The van der Waals surface area contributed by atoms with Gasteiger partial charge in [-0.2, -0.15) is 101 Å². The minimum Gasteiger partial charge on any atom is -0.397 e. The Morgan fingerprint density at radius 3 is 0.803 bits per heavy atom. The molecular weight excluding hydrogens is 1040 g/mol. The summed E-state index contributed by atoms with van der Waals surface area (Å²) >= 11 is 0. The minimum atomic E-state index is -9.57. The Morgan fingerprint density at radius 1 is 0.352 bits per heavy atom. The molecule has 3 rings (SSSR count). The second-order valence-electron chi connectivity index (χ2n) is 16.5. The summed E-state index contributed by atoms with van der Waals surface area (Å²) in [5, 5.41) is 0. The highest BCUT2D eigenvalue weighted by atomic mass is 32.3. The number of hydrogen-bond acceptors (Lipinski definition) is 2. The zero-order valence-corrected chi connectivity index (χ0v) is 38.1. The van der Waals surface area contributed by atoms with Crippen molar-refractivity contribution in [3.63, 3.8) is 0 Å². The number of alkyl halides is 23. The van der Waals surface area contributed by atoms with E-state index in [1.165, 1.54) is 36.4 Å². The number of halogens is 23. The van der Waals surface area contributed by atoms with Gasteiger partial charge in [0.05, 0.1) is 0 Å². The molecule has 71 heavy (non-hydrogen) atoms. The van der Waals surface area contributed by atoms with Crippen molar-refractivity contribution in [1.29, 1.82) is 0 Å². The van der Waals surface area contributed by atoms with Gasteiger partial charge >= 0.3 is 71.4 Å². The molecule has 0 N–H and O–H groups in total. The van der Waals surface area contributed by atoms with Crippen LogP contribution in [-0.4, -0.2) is 71.4 Å². The van der Waals surface area contributed by atoms with E-state index in [1.807, 2.05) is 20.8 Å². The lowest BCUT2D eigenvalue weighted by Crippen LogP contribution is -2.78. The zero-order valence-electron chi connectivity index (χ0n) is 37.3. The predicted molar refractivity (Wildman–Crippen MR) is 213 cm³/mol. The third-order valence-electron chi connectivity index (χ3n) is 11.3. The number of carbonyl (C=O) groups is 1. The van der Waals surface area contributed by atoms with Crippen molar-refractivity contribution in [1.82, 2.24) is 0 Å². The van der Waals surface area contributed by atoms with Crippen molar-refractivity contribution in [3.8, 4) is 0 Å². The largest absolute Gasteiger partial charge is 0.460 e. The molecule has 0 radical (unpaired) electrons. The number of aryl methyl sites for hydroxylation is 3. The smallest absolute Gasteiger partial charge is 0.397 e. The molecule has 0 saturated heterocycles. The molecule has 0 aliphatic heterocycles. The van der Waals surface area contributed by atoms with E-state index in [-0.39, 0.29) is 0 Å². The second-order valence-corrected chi connectivity index (χ2v) is 19.2. The average Bonchev–Trinajstić information content (AvgIpc) is 3.28. The van der Waals surface area contributed by atoms with Gasteiger partial charge in [0.2, 0.25) is 0 Å². The Bertz CT molecular complexity index is 2080. The Labute approximate surface area is 393 Å². The Balaban J connectivity index is 2.33. The molecule has 0 atom stereocenters. The molecule has 404 valence electrons. The summed E-state index contributed by atoms with van der Waals surface area (Å²) in [7, 11) is -4.46. The van der Waals surface area contributed by atoms with Crippen LogP contribution in [-0.2, 0) is 28.2 Å². The van der Waals surface area contributed by atoms with Crippen LogP contribution in [0, 0.1) is 0 Å². The Kier molecular flexibility index (Phi) is 18.4. The van der Waals surface area contributed by atoms with Crippen LogP contribution in [0.15, 0.2) is 87.5 Å². The quantitative estimate of drug-likeness (QED) is 0.0592. The van der Waals surface area contributed by atoms with Crippen LogP contribution < -0.4 is 0 Å². The first-order chi connectivity index (χ1) is 32.2. The molecule has 0 fully saturated rings. The molecule has 0 saturated carbocycles. The van der Waals surface area contributed by atoms with Gasteiger partial charge in [0, 0.05) is 14.7 Å². The molecule has 0 aliphatic carbocycles. The summed E-state index contributed by atoms with van der Waals surface area (Å²) in [5.41, 5.74) is 1.57. The molecule has 0 unspecified atom stereocenters. The number of unbranched alkanes of at least 4 members (excludes halogenated alkanes) is 6. The number of rotatable bonds is 26. The second kappa shape index (κ2) is 21.4. The number of carbonyl (C=O) groups excluding carboxylic acids is 1. The van der Waals surface area contributed by atoms with Gasteiger partial charge in [-0.15, -0.1) is 0 Å². The fourth-order valence-electron chi connectivity index (χ4n) is 6.88. The molecule has 0 heterocycles. The topological polar surface area (TPSA) is 26.3 Å². The van der Waals surface area contributed by atoms with E-state index in [0.29, 0.717) is 74.5 Å². The Morgan fingerprint density at radius 2 is 0.577 bits per heavy atom. The normalized spacial score (nSPS) is 14.7. The van der Waals surface area contributed by atoms with Crippen molar-refractivity contribution < 1.29 is 110 Å². The third kappa shape index (κ3) is 10.5. The van der Waals surface area contributed by atoms with Gasteiger partial charge in [-0.05, 0) is 102 Å². The van der Waals surface area contributed by atoms with E-state index < -0.39 is 96.4 Å². The first-order valence-corrected chi connectivity index (χ1v) is 23.0. The summed E-state index contributed by atoms with van der Waals surface area (Å²) in [6, 6.07) is 14.7. The van der Waals surface area contributed by atoms with E-state index >= 15 is 26.3 Å². The maximum Gasteiger partial charge on any atom is 0.460 e. The van der Waals surface area contributed by atoms with Crippen molar-refractivity contribution in [3.05, 3.63) is 89.5 Å². The first-order valence-electron chi connectivity index (χ1n) is 21.4. The van der Waals surface area contributed by atoms with Crippen molar-refractivity contribution in [2.75, 3.05) is 0 Å². The Hall–Kier alpha value is -4.13. The van der Waals surface area contributed by atoms with Gasteiger partial charge in [0.1, 0.15) is 0 Å². The fraction of sp³-hybridized carbons (Fsp3) is 0.578. The standard InChI is InChI=1S/C45H45F23O2S/c1-4-7-10-13-28-16-22-31(23-17-28)71(32-24-18-29(19-25-32)14-11-8-5-2,33-26-20-30(21-27-33)15-12-9-6-3)70-34(69)35(46,47)36(48,49)37(50,51)38(52,53)39(54,55)40(56,57)41(58,59)42(60,61)43(62,63)44(64,65)45(66,67)68/h16-27H,4-15H2,1-3H3. The van der Waals surface area contributed by atoms with Crippen LogP contribution in [0.4, 0.5) is 101 Å². The van der Waals surface area contributed by atoms with E-state index in [1.54, 1.807) is 0 Å². The highest BCUT2D eigenvalue weighted by Gasteiger charge is 2.99. The summed E-state index contributed by atoms with van der Waals surface area (Å²) in [5.74, 6) is -94.6. The minimum absolute atomic E-state index is 0.360. The molecule has 0 bridgehead atoms. The van der Waals surface area contributed by atoms with Crippen LogP contribution in [0.1, 0.15) is 95.2 Å². The molecule has 26 heteroatoms. The lowest BCUT2D eigenvalue weighted by atomic mass is 9.85. The van der Waals surface area contributed by atoms with Gasteiger partial charge in [-0.25, -0.2) is 4.79 Å². The van der Waals surface area contributed by atoms with E-state index in [9.17, 15) is 79.4 Å². The molecule has 0 amide bonds. The van der Waals surface area contributed by atoms with Gasteiger partial charge in [0.15, 0.2) is 0 Å². The first kappa shape index (κ1) is 61.2. The summed E-state index contributed by atoms with van der Waals surface area (Å²) in [6.45, 7) is 5.58. The van der Waals surface area contributed by atoms with Crippen molar-refractivity contribution in [2.45, 2.75) is 178 Å². The molecule has 0 aliphatic rings. The maximum absolute atomic E-state index is 15.9. The summed E-state index contributed by atoms with van der Waals surface area (Å²) < 4.78 is 335. The summed E-state index contributed by atoms with van der Waals surface area (Å²) in [6.07, 6.45) is -1.04. The van der Waals surface area contributed by atoms with Gasteiger partial charge in [-0.3, -0.25) is 0 Å². The van der Waals surface area contributed by atoms with Gasteiger partial charge in [-0.1, -0.05) is 95.7 Å². The van der Waals surface area contributed by atoms with E-state index in [2.05, 4.69) is 0 Å². The van der Waals surface area contributed by atoms with E-state index in [0.717, 1.165) is 55.7 Å². The van der Waals surface area contributed by atoms with Crippen molar-refractivity contribution >= 4 is 16.3 Å². The number of hydrogen-bond donors (Lipinski definition) is 0. The molecule has 0 aromatic heterocycles. The molecular formula is C45H45F23O2S. The van der Waals surface area contributed by atoms with Crippen LogP contribution in [0.3, 0.4) is 0 Å². The number of benzene rings is 3. The lowest BCUT2D eigenvalue weighted by Gasteiger charge is -2.45. The summed E-state index contributed by atoms with van der Waals surface area (Å²) in [4.78, 5) is 12.4. The highest BCUT2D eigenvalue weighted by Crippen LogP contribution is 2.71. The average molecular weight is 1090 g/mol. The molecule has 3 aromatic rings. The molecule has 3 aromatic carbocycles. The van der Waals surface area contributed by atoms with E-state index in [4.69, 9.17) is 4.18 Å². The molecule has 0 spiro atoms. The van der Waals surface area contributed by atoms with Gasteiger partial charge < -0.3 is 4.18 Å². The van der Waals surface area contributed by atoms with Crippen LogP contribution in [0.5, 0.6) is 0 Å². The molecule has 2 nitrogen and oxygen atoms in total. The zero-order chi connectivity index (χ0) is 54.7. The SMILES string of the molecule is CCCCCc1ccc(S(OC(=O)C(F)(F)C(F)(F)C(F)(F)C(F)(F)C(F)(F)C(F)(F)C(F)(F)C(F)(F)C(F)(F)C(F)(F)C(F)(F)F)(c2ccc(CCCCC)cc2)c2ccc(CCCCC)cc2)cc1. The van der Waals surface area contributed by atoms with Crippen LogP contribution >= 0.6 is 10.3 Å².